The van der Waals surface area contributed by atoms with Crippen molar-refractivity contribution in [2.45, 2.75) is 270 Å². The first-order chi connectivity index (χ1) is 26.1. The summed E-state index contributed by atoms with van der Waals surface area (Å²) in [6.45, 7) is 4.17. The van der Waals surface area contributed by atoms with E-state index in [0.29, 0.717) is 12.8 Å². The maximum atomic E-state index is 12.4. The average molecular weight is 748 g/mol. The summed E-state index contributed by atoms with van der Waals surface area (Å²) in [5.74, 6) is -0.155. The molecule has 0 aliphatic rings. The number of amides is 1. The minimum Gasteiger partial charge on any atom is -0.394 e. The predicted octanol–water partition coefficient (Wildman–Crippen LogP) is 13.8. The number of nitrogens with one attached hydrogen (secondary N) is 1. The predicted molar refractivity (Wildman–Crippen MR) is 231 cm³/mol. The summed E-state index contributed by atoms with van der Waals surface area (Å²) in [4.78, 5) is 12.4. The number of rotatable bonds is 43. The fourth-order valence-electron chi connectivity index (χ4n) is 7.36. The molecule has 0 aromatic carbocycles. The van der Waals surface area contributed by atoms with Gasteiger partial charge in [-0.15, -0.1) is 0 Å². The Balaban J connectivity index is 3.59. The SMILES string of the molecule is CCCCCCCC/C=C/CC/C=C/CCCC(O)C(O)C(CO)NC(=O)CCCCCCCCCCCCCCCCCCCCCCCCCC. The van der Waals surface area contributed by atoms with Gasteiger partial charge in [0.15, 0.2) is 0 Å². The molecule has 314 valence electrons. The van der Waals surface area contributed by atoms with Crippen molar-refractivity contribution in [2.24, 2.45) is 0 Å². The highest BCUT2D eigenvalue weighted by Gasteiger charge is 2.26. The third-order valence-corrected chi connectivity index (χ3v) is 11.0. The second kappa shape index (κ2) is 43.6. The third-order valence-electron chi connectivity index (χ3n) is 11.0. The molecule has 0 radical (unpaired) electrons. The molecule has 5 heteroatoms. The normalized spacial score (nSPS) is 13.7. The second-order valence-corrected chi connectivity index (χ2v) is 16.3. The lowest BCUT2D eigenvalue weighted by molar-refractivity contribution is -0.124. The Morgan fingerprint density at radius 3 is 1.15 bits per heavy atom. The van der Waals surface area contributed by atoms with Crippen molar-refractivity contribution in [2.75, 3.05) is 6.61 Å². The van der Waals surface area contributed by atoms with Crippen LogP contribution in [0.15, 0.2) is 24.3 Å². The molecule has 1 amide bonds. The molecule has 0 heterocycles. The first kappa shape index (κ1) is 51.8. The van der Waals surface area contributed by atoms with Crippen LogP contribution < -0.4 is 5.32 Å². The van der Waals surface area contributed by atoms with E-state index in [2.05, 4.69) is 43.5 Å². The third kappa shape index (κ3) is 38.9. The van der Waals surface area contributed by atoms with E-state index < -0.39 is 18.2 Å². The lowest BCUT2D eigenvalue weighted by atomic mass is 10.0. The van der Waals surface area contributed by atoms with Crippen molar-refractivity contribution in [1.29, 1.82) is 0 Å². The summed E-state index contributed by atoms with van der Waals surface area (Å²) >= 11 is 0. The molecule has 4 N–H and O–H groups in total. The lowest BCUT2D eigenvalue weighted by Crippen LogP contribution is -2.50. The largest absolute Gasteiger partial charge is 0.394 e. The van der Waals surface area contributed by atoms with E-state index in [0.717, 1.165) is 44.9 Å². The molecule has 0 spiro atoms. The van der Waals surface area contributed by atoms with Crippen LogP contribution in [0.3, 0.4) is 0 Å². The van der Waals surface area contributed by atoms with Crippen LogP contribution in [-0.4, -0.2) is 46.1 Å². The van der Waals surface area contributed by atoms with Crippen molar-refractivity contribution >= 4 is 5.91 Å². The Hall–Kier alpha value is -1.17. The zero-order valence-electron chi connectivity index (χ0n) is 35.7. The zero-order chi connectivity index (χ0) is 38.7. The van der Waals surface area contributed by atoms with Gasteiger partial charge < -0.3 is 20.6 Å². The van der Waals surface area contributed by atoms with E-state index >= 15 is 0 Å². The van der Waals surface area contributed by atoms with Crippen molar-refractivity contribution in [1.82, 2.24) is 5.32 Å². The first-order valence-electron chi connectivity index (χ1n) is 23.6. The van der Waals surface area contributed by atoms with Crippen molar-refractivity contribution < 1.29 is 20.1 Å². The summed E-state index contributed by atoms with van der Waals surface area (Å²) in [6, 6.07) is -0.828. The number of unbranched alkanes of at least 4 members (excludes halogenated alkanes) is 31. The van der Waals surface area contributed by atoms with Gasteiger partial charge in [-0.25, -0.2) is 0 Å². The minimum absolute atomic E-state index is 0.155. The van der Waals surface area contributed by atoms with Crippen molar-refractivity contribution in [3.8, 4) is 0 Å². The van der Waals surface area contributed by atoms with Gasteiger partial charge in [0.25, 0.3) is 0 Å². The van der Waals surface area contributed by atoms with Crippen LogP contribution in [0.1, 0.15) is 251 Å². The van der Waals surface area contributed by atoms with Crippen LogP contribution in [0.5, 0.6) is 0 Å². The Labute approximate surface area is 331 Å². The molecule has 0 aromatic rings. The second-order valence-electron chi connectivity index (χ2n) is 16.3. The first-order valence-corrected chi connectivity index (χ1v) is 23.6. The number of hydrogen-bond acceptors (Lipinski definition) is 4. The molecule has 0 rings (SSSR count). The molecule has 0 aromatic heterocycles. The fraction of sp³-hybridized carbons (Fsp3) is 0.896. The molecule has 5 nitrogen and oxygen atoms in total. The molecule has 53 heavy (non-hydrogen) atoms. The van der Waals surface area contributed by atoms with Gasteiger partial charge in [0.05, 0.1) is 18.8 Å². The van der Waals surface area contributed by atoms with E-state index in [-0.39, 0.29) is 12.5 Å². The van der Waals surface area contributed by atoms with Gasteiger partial charge in [0.2, 0.25) is 5.91 Å². The van der Waals surface area contributed by atoms with Gasteiger partial charge in [-0.1, -0.05) is 218 Å². The molecule has 0 aliphatic heterocycles. The quantitative estimate of drug-likeness (QED) is 0.0369. The molecule has 0 bridgehead atoms. The fourth-order valence-corrected chi connectivity index (χ4v) is 7.36. The molecule has 0 fully saturated rings. The molecular formula is C48H93NO4. The Morgan fingerprint density at radius 2 is 0.774 bits per heavy atom. The lowest BCUT2D eigenvalue weighted by Gasteiger charge is -2.26. The van der Waals surface area contributed by atoms with Gasteiger partial charge in [-0.2, -0.15) is 0 Å². The molecule has 0 saturated carbocycles. The van der Waals surface area contributed by atoms with Crippen LogP contribution in [0.4, 0.5) is 0 Å². The minimum atomic E-state index is -1.16. The molecule has 3 unspecified atom stereocenters. The topological polar surface area (TPSA) is 89.8 Å². The Morgan fingerprint density at radius 1 is 0.453 bits per heavy atom. The number of carbonyl (C=O) groups is 1. The Kier molecular flexibility index (Phi) is 42.6. The highest BCUT2D eigenvalue weighted by molar-refractivity contribution is 5.76. The van der Waals surface area contributed by atoms with E-state index in [1.165, 1.54) is 180 Å². The van der Waals surface area contributed by atoms with E-state index in [4.69, 9.17) is 0 Å². The molecule has 0 aliphatic carbocycles. The maximum absolute atomic E-state index is 12.4. The number of aliphatic hydroxyl groups is 3. The average Bonchev–Trinajstić information content (AvgIpc) is 3.16. The van der Waals surface area contributed by atoms with Crippen LogP contribution in [0.2, 0.25) is 0 Å². The summed E-state index contributed by atoms with van der Waals surface area (Å²) in [5.41, 5.74) is 0. The Bertz CT molecular complexity index is 784. The number of aliphatic hydroxyl groups excluding tert-OH is 3. The highest BCUT2D eigenvalue weighted by Crippen LogP contribution is 2.16. The monoisotopic (exact) mass is 748 g/mol. The molecule has 0 saturated heterocycles. The summed E-state index contributed by atoms with van der Waals surface area (Å²) in [7, 11) is 0. The van der Waals surface area contributed by atoms with Gasteiger partial charge in [0, 0.05) is 6.42 Å². The zero-order valence-corrected chi connectivity index (χ0v) is 35.7. The van der Waals surface area contributed by atoms with Crippen LogP contribution in [0, 0.1) is 0 Å². The summed E-state index contributed by atoms with van der Waals surface area (Å²) in [5, 5.41) is 33.5. The molecule has 3 atom stereocenters. The highest BCUT2D eigenvalue weighted by atomic mass is 16.3. The smallest absolute Gasteiger partial charge is 0.220 e. The van der Waals surface area contributed by atoms with Crippen LogP contribution >= 0.6 is 0 Å². The van der Waals surface area contributed by atoms with Crippen molar-refractivity contribution in [3.63, 3.8) is 0 Å². The maximum Gasteiger partial charge on any atom is 0.220 e. The number of allylic oxidation sites excluding steroid dienone is 4. The van der Waals surface area contributed by atoms with E-state index in [9.17, 15) is 20.1 Å². The molecular weight excluding hydrogens is 655 g/mol. The standard InChI is InChI=1S/C48H93NO4/c1-3-5-7-9-11-13-15-17-19-20-21-22-23-24-25-26-27-29-31-33-35-37-39-41-43-47(52)49-45(44-50)48(53)46(51)42-40-38-36-34-32-30-28-18-16-14-12-10-8-6-4-2/h18,28,34,36,45-46,48,50-51,53H,3-17,19-27,29-33,35,37-44H2,1-2H3,(H,49,52)/b28-18+,36-34+. The van der Waals surface area contributed by atoms with Gasteiger partial charge in [0.1, 0.15) is 6.10 Å². The van der Waals surface area contributed by atoms with E-state index in [1.807, 2.05) is 0 Å². The van der Waals surface area contributed by atoms with Gasteiger partial charge in [-0.3, -0.25) is 4.79 Å². The van der Waals surface area contributed by atoms with Crippen LogP contribution in [0.25, 0.3) is 0 Å². The number of hydrogen-bond donors (Lipinski definition) is 4. The summed E-state index contributed by atoms with van der Waals surface area (Å²) < 4.78 is 0. The van der Waals surface area contributed by atoms with Gasteiger partial charge in [-0.05, 0) is 51.4 Å². The van der Waals surface area contributed by atoms with E-state index in [1.54, 1.807) is 0 Å². The number of carbonyl (C=O) groups excluding carboxylic acids is 1. The van der Waals surface area contributed by atoms with Crippen LogP contribution in [-0.2, 0) is 4.79 Å². The van der Waals surface area contributed by atoms with Crippen molar-refractivity contribution in [3.05, 3.63) is 24.3 Å². The summed E-state index contributed by atoms with van der Waals surface area (Å²) in [6.07, 6.45) is 53.0. The van der Waals surface area contributed by atoms with Gasteiger partial charge >= 0.3 is 0 Å².